The number of hydrogen-bond donors (Lipinski definition) is 2. The number of benzene rings is 2. The minimum Gasteiger partial charge on any atom is -0.508 e. The lowest BCUT2D eigenvalue weighted by Gasteiger charge is -2.07. The molecule has 2 N–H and O–H groups in total. The summed E-state index contributed by atoms with van der Waals surface area (Å²) in [5.41, 5.74) is 2.22. The van der Waals surface area contributed by atoms with Crippen LogP contribution >= 0.6 is 0 Å². The number of halogens is 1. The molecular weight excluding hydrogens is 257 g/mol. The summed E-state index contributed by atoms with van der Waals surface area (Å²) in [5.74, 6) is -1.40. The first-order valence-electron chi connectivity index (χ1n) is 6.38. The molecule has 0 aliphatic rings. The molecule has 0 bridgehead atoms. The Kier molecular flexibility index (Phi) is 4.35. The van der Waals surface area contributed by atoms with E-state index < -0.39 is 11.7 Å². The van der Waals surface area contributed by atoms with Crippen molar-refractivity contribution < 1.29 is 14.3 Å². The van der Waals surface area contributed by atoms with E-state index in [0.717, 1.165) is 11.6 Å². The fraction of sp³-hybridized carbons (Fsp3) is 0.188. The number of rotatable bonds is 4. The summed E-state index contributed by atoms with van der Waals surface area (Å²) >= 11 is 0. The van der Waals surface area contributed by atoms with Crippen LogP contribution in [0.1, 0.15) is 21.5 Å². The van der Waals surface area contributed by atoms with Crippen LogP contribution in [-0.4, -0.2) is 17.6 Å². The van der Waals surface area contributed by atoms with E-state index in [0.29, 0.717) is 13.0 Å². The highest BCUT2D eigenvalue weighted by atomic mass is 19.1. The zero-order valence-corrected chi connectivity index (χ0v) is 11.2. The second kappa shape index (κ2) is 6.19. The van der Waals surface area contributed by atoms with Gasteiger partial charge in [0, 0.05) is 12.6 Å². The van der Waals surface area contributed by atoms with Gasteiger partial charge in [0.1, 0.15) is 11.6 Å². The molecule has 0 saturated carbocycles. The minimum atomic E-state index is -0.724. The van der Waals surface area contributed by atoms with Gasteiger partial charge in [0.15, 0.2) is 0 Å². The highest BCUT2D eigenvalue weighted by Crippen LogP contribution is 2.14. The fourth-order valence-corrected chi connectivity index (χ4v) is 1.97. The van der Waals surface area contributed by atoms with Gasteiger partial charge in [0.25, 0.3) is 5.91 Å². The van der Waals surface area contributed by atoms with Crippen molar-refractivity contribution in [2.24, 2.45) is 0 Å². The Bertz CT molecular complexity index is 626. The van der Waals surface area contributed by atoms with Crippen molar-refractivity contribution in [2.75, 3.05) is 6.54 Å². The number of phenols is 1. The number of aryl methyl sites for hydroxylation is 1. The van der Waals surface area contributed by atoms with Crippen LogP contribution in [0.3, 0.4) is 0 Å². The predicted octanol–water partition coefficient (Wildman–Crippen LogP) is 2.81. The van der Waals surface area contributed by atoms with Crippen molar-refractivity contribution in [1.29, 1.82) is 0 Å². The molecule has 20 heavy (non-hydrogen) atoms. The van der Waals surface area contributed by atoms with Crippen LogP contribution in [-0.2, 0) is 6.42 Å². The molecule has 0 heterocycles. The van der Waals surface area contributed by atoms with Gasteiger partial charge in [-0.05, 0) is 31.0 Å². The first-order valence-corrected chi connectivity index (χ1v) is 6.38. The molecule has 0 fully saturated rings. The summed E-state index contributed by atoms with van der Waals surface area (Å²) in [5, 5.41) is 11.8. The molecule has 104 valence electrons. The lowest BCUT2D eigenvalue weighted by molar-refractivity contribution is 0.0950. The molecule has 0 radical (unpaired) electrons. The first kappa shape index (κ1) is 14.1. The Hall–Kier alpha value is -2.36. The van der Waals surface area contributed by atoms with Crippen LogP contribution < -0.4 is 5.32 Å². The number of carbonyl (C=O) groups is 1. The van der Waals surface area contributed by atoms with Gasteiger partial charge in [-0.15, -0.1) is 0 Å². The Balaban J connectivity index is 1.92. The third kappa shape index (κ3) is 3.57. The molecule has 0 aromatic heterocycles. The van der Waals surface area contributed by atoms with E-state index in [-0.39, 0.29) is 11.3 Å². The molecule has 0 unspecified atom stereocenters. The average molecular weight is 273 g/mol. The molecule has 0 saturated heterocycles. The predicted molar refractivity (Wildman–Crippen MR) is 75.3 cm³/mol. The topological polar surface area (TPSA) is 49.3 Å². The second-order valence-corrected chi connectivity index (χ2v) is 4.66. The summed E-state index contributed by atoms with van der Waals surface area (Å²) < 4.78 is 13.5. The Morgan fingerprint density at radius 1 is 1.25 bits per heavy atom. The molecule has 1 amide bonds. The van der Waals surface area contributed by atoms with Crippen molar-refractivity contribution >= 4 is 5.91 Å². The minimum absolute atomic E-state index is 0.0629. The molecular formula is C16H16FNO2. The van der Waals surface area contributed by atoms with Gasteiger partial charge in [-0.3, -0.25) is 4.79 Å². The second-order valence-electron chi connectivity index (χ2n) is 4.66. The van der Waals surface area contributed by atoms with Gasteiger partial charge in [0.05, 0.1) is 5.56 Å². The van der Waals surface area contributed by atoms with Gasteiger partial charge < -0.3 is 10.4 Å². The SMILES string of the molecule is Cc1cccc(CCNC(=O)c2ccc(O)cc2F)c1. The van der Waals surface area contributed by atoms with E-state index in [1.807, 2.05) is 31.2 Å². The number of hydrogen-bond acceptors (Lipinski definition) is 2. The number of amides is 1. The molecule has 0 aliphatic carbocycles. The zero-order chi connectivity index (χ0) is 14.5. The van der Waals surface area contributed by atoms with Gasteiger partial charge in [-0.1, -0.05) is 29.8 Å². The molecule has 0 spiro atoms. The van der Waals surface area contributed by atoms with Crippen LogP contribution in [0.5, 0.6) is 5.75 Å². The smallest absolute Gasteiger partial charge is 0.254 e. The Morgan fingerprint density at radius 3 is 2.75 bits per heavy atom. The maximum Gasteiger partial charge on any atom is 0.254 e. The Morgan fingerprint density at radius 2 is 2.05 bits per heavy atom. The van der Waals surface area contributed by atoms with E-state index in [1.165, 1.54) is 17.7 Å². The van der Waals surface area contributed by atoms with Crippen LogP contribution in [0, 0.1) is 12.7 Å². The molecule has 2 rings (SSSR count). The van der Waals surface area contributed by atoms with Gasteiger partial charge in [0.2, 0.25) is 0 Å². The summed E-state index contributed by atoms with van der Waals surface area (Å²) in [6.45, 7) is 2.44. The average Bonchev–Trinajstić information content (AvgIpc) is 2.38. The highest BCUT2D eigenvalue weighted by Gasteiger charge is 2.11. The molecule has 2 aromatic rings. The third-order valence-electron chi connectivity index (χ3n) is 2.98. The standard InChI is InChI=1S/C16H16FNO2/c1-11-3-2-4-12(9-11)7-8-18-16(20)14-6-5-13(19)10-15(14)17/h2-6,9-10,19H,7-8H2,1H3,(H,18,20). The van der Waals surface area contributed by atoms with Crippen molar-refractivity contribution in [3.8, 4) is 5.75 Å². The van der Waals surface area contributed by atoms with Crippen molar-refractivity contribution in [2.45, 2.75) is 13.3 Å². The highest BCUT2D eigenvalue weighted by molar-refractivity contribution is 5.94. The lowest BCUT2D eigenvalue weighted by atomic mass is 10.1. The quantitative estimate of drug-likeness (QED) is 0.900. The molecule has 2 aromatic carbocycles. The third-order valence-corrected chi connectivity index (χ3v) is 2.98. The molecule has 0 atom stereocenters. The van der Waals surface area contributed by atoms with Crippen LogP contribution in [0.25, 0.3) is 0 Å². The van der Waals surface area contributed by atoms with Crippen LogP contribution in [0.4, 0.5) is 4.39 Å². The number of carbonyl (C=O) groups excluding carboxylic acids is 1. The zero-order valence-electron chi connectivity index (χ0n) is 11.2. The van der Waals surface area contributed by atoms with E-state index in [2.05, 4.69) is 5.32 Å². The summed E-state index contributed by atoms with van der Waals surface area (Å²) in [6.07, 6.45) is 0.688. The number of aromatic hydroxyl groups is 1. The largest absolute Gasteiger partial charge is 0.508 e. The monoisotopic (exact) mass is 273 g/mol. The van der Waals surface area contributed by atoms with Gasteiger partial charge >= 0.3 is 0 Å². The maximum absolute atomic E-state index is 13.5. The number of phenolic OH excluding ortho intramolecular Hbond substituents is 1. The van der Waals surface area contributed by atoms with Gasteiger partial charge in [-0.25, -0.2) is 4.39 Å². The van der Waals surface area contributed by atoms with E-state index in [1.54, 1.807) is 0 Å². The summed E-state index contributed by atoms with van der Waals surface area (Å²) in [6, 6.07) is 11.5. The van der Waals surface area contributed by atoms with Crippen molar-refractivity contribution in [1.82, 2.24) is 5.32 Å². The summed E-state index contributed by atoms with van der Waals surface area (Å²) in [4.78, 5) is 11.8. The number of nitrogens with one attached hydrogen (secondary N) is 1. The van der Waals surface area contributed by atoms with Crippen molar-refractivity contribution in [3.63, 3.8) is 0 Å². The van der Waals surface area contributed by atoms with Gasteiger partial charge in [-0.2, -0.15) is 0 Å². The van der Waals surface area contributed by atoms with Crippen molar-refractivity contribution in [3.05, 3.63) is 65.0 Å². The fourth-order valence-electron chi connectivity index (χ4n) is 1.97. The molecule has 0 aliphatic heterocycles. The first-order chi connectivity index (χ1) is 9.56. The molecule has 4 heteroatoms. The maximum atomic E-state index is 13.5. The van der Waals surface area contributed by atoms with E-state index in [9.17, 15) is 9.18 Å². The normalized spacial score (nSPS) is 10.3. The Labute approximate surface area is 117 Å². The lowest BCUT2D eigenvalue weighted by Crippen LogP contribution is -2.26. The summed E-state index contributed by atoms with van der Waals surface area (Å²) in [7, 11) is 0. The van der Waals surface area contributed by atoms with E-state index >= 15 is 0 Å². The van der Waals surface area contributed by atoms with Crippen LogP contribution in [0.2, 0.25) is 0 Å². The van der Waals surface area contributed by atoms with Crippen LogP contribution in [0.15, 0.2) is 42.5 Å². The molecule has 3 nitrogen and oxygen atoms in total. The van der Waals surface area contributed by atoms with E-state index in [4.69, 9.17) is 5.11 Å².